The van der Waals surface area contributed by atoms with Crippen LogP contribution in [0, 0.1) is 6.92 Å². The van der Waals surface area contributed by atoms with Gasteiger partial charge in [0.15, 0.2) is 0 Å². The summed E-state index contributed by atoms with van der Waals surface area (Å²) in [6.45, 7) is 1.73. The van der Waals surface area contributed by atoms with Gasteiger partial charge >= 0.3 is 6.18 Å². The lowest BCUT2D eigenvalue weighted by molar-refractivity contribution is -0.269. The van der Waals surface area contributed by atoms with Crippen LogP contribution in [-0.4, -0.2) is 29.6 Å². The van der Waals surface area contributed by atoms with Gasteiger partial charge in [0, 0.05) is 38.7 Å². The van der Waals surface area contributed by atoms with Crippen LogP contribution in [0.15, 0.2) is 42.5 Å². The molecule has 2 aliphatic heterocycles. The molecule has 4 nitrogen and oxygen atoms in total. The molecule has 2 aromatic carbocycles. The van der Waals surface area contributed by atoms with Crippen molar-refractivity contribution in [1.29, 1.82) is 0 Å². The maximum absolute atomic E-state index is 14.1. The van der Waals surface area contributed by atoms with Gasteiger partial charge < -0.3 is 5.32 Å². The van der Waals surface area contributed by atoms with Crippen molar-refractivity contribution in [1.82, 2.24) is 10.8 Å². The molecule has 10 heteroatoms. The minimum absolute atomic E-state index is 0.0626. The average molecular weight is 489 g/mol. The molecule has 4 rings (SSSR count). The number of carbonyl (C=O) groups excluding carboxylic acids is 1. The molecule has 0 saturated carbocycles. The summed E-state index contributed by atoms with van der Waals surface area (Å²) in [6.07, 6.45) is -3.83. The first kappa shape index (κ1) is 22.3. The van der Waals surface area contributed by atoms with Gasteiger partial charge in [0.1, 0.15) is 0 Å². The molecule has 0 aromatic heterocycles. The number of thioether (sulfide) groups is 1. The number of hydrogen-bond donors (Lipinski definition) is 2. The van der Waals surface area contributed by atoms with Crippen LogP contribution >= 0.6 is 35.0 Å². The lowest BCUT2D eigenvalue weighted by atomic mass is 9.91. The molecule has 1 atom stereocenters. The number of hydroxylamine groups is 1. The zero-order valence-electron chi connectivity index (χ0n) is 16.1. The zero-order valence-corrected chi connectivity index (χ0v) is 18.5. The summed E-state index contributed by atoms with van der Waals surface area (Å²) in [7, 11) is 0. The monoisotopic (exact) mass is 488 g/mol. The third-order valence-corrected chi connectivity index (χ3v) is 6.85. The Balaban J connectivity index is 1.68. The molecule has 0 bridgehead atoms. The van der Waals surface area contributed by atoms with Gasteiger partial charge in [-0.3, -0.25) is 15.1 Å². The highest BCUT2D eigenvalue weighted by atomic mass is 35.5. The van der Waals surface area contributed by atoms with Gasteiger partial charge in [-0.2, -0.15) is 24.9 Å². The van der Waals surface area contributed by atoms with Crippen LogP contribution in [0.2, 0.25) is 10.0 Å². The SMILES string of the molecule is Cc1cc(C2=CC(c3cc(Cl)cc(Cl)c3)(C(F)(F)F)ON2)ccc1C(=O)NC1CSC1. The highest BCUT2D eigenvalue weighted by molar-refractivity contribution is 8.00. The second-order valence-electron chi connectivity index (χ2n) is 7.39. The van der Waals surface area contributed by atoms with Gasteiger partial charge in [-0.25, -0.2) is 0 Å². The van der Waals surface area contributed by atoms with Crippen LogP contribution in [0.1, 0.15) is 27.0 Å². The minimum atomic E-state index is -4.79. The summed E-state index contributed by atoms with van der Waals surface area (Å²) < 4.78 is 42.3. The number of carbonyl (C=O) groups is 1. The lowest BCUT2D eigenvalue weighted by Gasteiger charge is -2.28. The summed E-state index contributed by atoms with van der Waals surface area (Å²) in [6, 6.07) is 8.65. The predicted molar refractivity (Wildman–Crippen MR) is 116 cm³/mol. The summed E-state index contributed by atoms with van der Waals surface area (Å²) in [5, 5.41) is 3.06. The van der Waals surface area contributed by atoms with Crippen LogP contribution in [0.4, 0.5) is 13.2 Å². The van der Waals surface area contributed by atoms with Crippen LogP contribution in [-0.2, 0) is 10.4 Å². The molecule has 0 radical (unpaired) electrons. The maximum Gasteiger partial charge on any atom is 0.428 e. The Morgan fingerprint density at radius 2 is 1.87 bits per heavy atom. The molecule has 164 valence electrons. The van der Waals surface area contributed by atoms with Gasteiger partial charge in [-0.15, -0.1) is 0 Å². The topological polar surface area (TPSA) is 50.4 Å². The smallest absolute Gasteiger partial charge is 0.348 e. The first-order chi connectivity index (χ1) is 14.6. The molecule has 1 saturated heterocycles. The van der Waals surface area contributed by atoms with E-state index in [1.807, 2.05) is 0 Å². The molecule has 0 aliphatic carbocycles. The van der Waals surface area contributed by atoms with Crippen LogP contribution < -0.4 is 10.8 Å². The first-order valence-corrected chi connectivity index (χ1v) is 11.2. The molecule has 2 N–H and O–H groups in total. The van der Waals surface area contributed by atoms with E-state index in [9.17, 15) is 18.0 Å². The van der Waals surface area contributed by atoms with Crippen molar-refractivity contribution < 1.29 is 22.8 Å². The minimum Gasteiger partial charge on any atom is -0.348 e. The number of amides is 1. The Hall–Kier alpha value is -1.87. The van der Waals surface area contributed by atoms with E-state index in [1.165, 1.54) is 18.2 Å². The van der Waals surface area contributed by atoms with Gasteiger partial charge in [-0.1, -0.05) is 29.3 Å². The Kier molecular flexibility index (Phi) is 5.93. The quantitative estimate of drug-likeness (QED) is 0.598. The normalized spacial score (nSPS) is 21.3. The third-order valence-electron chi connectivity index (χ3n) is 5.14. The first-order valence-electron chi connectivity index (χ1n) is 9.29. The Labute approximate surface area is 191 Å². The molecule has 1 amide bonds. The van der Waals surface area contributed by atoms with Crippen LogP contribution in [0.5, 0.6) is 0 Å². The molecule has 2 aromatic rings. The van der Waals surface area contributed by atoms with E-state index in [4.69, 9.17) is 28.0 Å². The van der Waals surface area contributed by atoms with E-state index in [2.05, 4.69) is 10.8 Å². The van der Waals surface area contributed by atoms with E-state index in [1.54, 1.807) is 36.9 Å². The highest BCUT2D eigenvalue weighted by Crippen LogP contribution is 2.48. The van der Waals surface area contributed by atoms with Crippen molar-refractivity contribution in [3.63, 3.8) is 0 Å². The summed E-state index contributed by atoms with van der Waals surface area (Å²) in [5.41, 5.74) is 1.07. The standard InChI is InChI=1S/C21H17Cl2F3N2O2S/c1-11-4-12(2-3-17(11)19(29)27-16-9-31-10-16)18-8-20(30-28-18,21(24,25)26)13-5-14(22)7-15(23)6-13/h2-8,16,28H,9-10H2,1H3,(H,27,29). The van der Waals surface area contributed by atoms with Crippen molar-refractivity contribution in [2.24, 2.45) is 0 Å². The Morgan fingerprint density at radius 1 is 1.19 bits per heavy atom. The van der Waals surface area contributed by atoms with Crippen molar-refractivity contribution in [2.75, 3.05) is 11.5 Å². The lowest BCUT2D eigenvalue weighted by Crippen LogP contribution is -2.44. The fourth-order valence-electron chi connectivity index (χ4n) is 3.42. The van der Waals surface area contributed by atoms with Gasteiger partial charge in [0.25, 0.3) is 5.91 Å². The van der Waals surface area contributed by atoms with Gasteiger partial charge in [0.2, 0.25) is 5.60 Å². The molecule has 1 fully saturated rings. The van der Waals surface area contributed by atoms with Gasteiger partial charge in [0.05, 0.1) is 5.70 Å². The van der Waals surface area contributed by atoms with Crippen molar-refractivity contribution in [2.45, 2.75) is 24.7 Å². The largest absolute Gasteiger partial charge is 0.428 e. The third kappa shape index (κ3) is 4.26. The molecule has 2 aliphatic rings. The Morgan fingerprint density at radius 3 is 2.42 bits per heavy atom. The van der Waals surface area contributed by atoms with E-state index in [0.717, 1.165) is 17.6 Å². The van der Waals surface area contributed by atoms with Crippen LogP contribution in [0.25, 0.3) is 5.70 Å². The number of halogens is 5. The van der Waals surface area contributed by atoms with Crippen LogP contribution in [0.3, 0.4) is 0 Å². The Bertz CT molecular complexity index is 1050. The molecule has 31 heavy (non-hydrogen) atoms. The average Bonchev–Trinajstić information content (AvgIpc) is 3.10. The maximum atomic E-state index is 14.1. The highest BCUT2D eigenvalue weighted by Gasteiger charge is 2.59. The number of hydrogen-bond acceptors (Lipinski definition) is 4. The van der Waals surface area contributed by atoms with E-state index in [-0.39, 0.29) is 33.3 Å². The molecule has 2 heterocycles. The van der Waals surface area contributed by atoms with E-state index in [0.29, 0.717) is 16.7 Å². The molecular weight excluding hydrogens is 472 g/mol. The van der Waals surface area contributed by atoms with Gasteiger partial charge in [-0.05, 0) is 54.5 Å². The predicted octanol–water partition coefficient (Wildman–Crippen LogP) is 5.48. The molecule has 0 spiro atoms. The summed E-state index contributed by atoms with van der Waals surface area (Å²) >= 11 is 13.6. The summed E-state index contributed by atoms with van der Waals surface area (Å²) in [4.78, 5) is 17.5. The summed E-state index contributed by atoms with van der Waals surface area (Å²) in [5.74, 6) is 1.56. The number of nitrogens with one attached hydrogen (secondary N) is 2. The fraction of sp³-hybridized carbons (Fsp3) is 0.286. The van der Waals surface area contributed by atoms with Crippen molar-refractivity contribution in [3.05, 3.63) is 74.8 Å². The zero-order chi connectivity index (χ0) is 22.4. The van der Waals surface area contributed by atoms with E-state index < -0.39 is 11.8 Å². The second-order valence-corrected chi connectivity index (χ2v) is 9.34. The number of alkyl halides is 3. The fourth-order valence-corrected chi connectivity index (χ4v) is 4.59. The van der Waals surface area contributed by atoms with Crippen molar-refractivity contribution >= 4 is 46.6 Å². The number of rotatable bonds is 4. The van der Waals surface area contributed by atoms with E-state index >= 15 is 0 Å². The number of aryl methyl sites for hydroxylation is 1. The van der Waals surface area contributed by atoms with Crippen molar-refractivity contribution in [3.8, 4) is 0 Å². The molecular formula is C21H17Cl2F3N2O2S. The number of benzene rings is 2. The second kappa shape index (κ2) is 8.24. The molecule has 1 unspecified atom stereocenters.